The van der Waals surface area contributed by atoms with Gasteiger partial charge in [0.25, 0.3) is 5.91 Å². The molecule has 2 rings (SSSR count). The number of ether oxygens (including phenoxy) is 1. The molecule has 1 heterocycles. The number of primary sulfonamides is 1. The molecule has 1 aromatic heterocycles. The number of H-pyrrole nitrogens is 1. The number of nitrogens with one attached hydrogen (secondary N) is 2. The van der Waals surface area contributed by atoms with E-state index in [1.807, 2.05) is 0 Å². The zero-order valence-corrected chi connectivity index (χ0v) is 12.0. The molecule has 2 aromatic rings. The number of hydrogen-bond acceptors (Lipinski definition) is 5. The lowest BCUT2D eigenvalue weighted by Gasteiger charge is -2.10. The molecule has 0 aliphatic heterocycles. The van der Waals surface area contributed by atoms with Gasteiger partial charge in [-0.2, -0.15) is 5.10 Å². The predicted molar refractivity (Wildman–Crippen MR) is 74.1 cm³/mol. The summed E-state index contributed by atoms with van der Waals surface area (Å²) in [5.74, 6) is 0.113. The van der Waals surface area contributed by atoms with Crippen LogP contribution in [0.15, 0.2) is 35.5 Å². The van der Waals surface area contributed by atoms with Crippen LogP contribution in [0.5, 0.6) is 5.75 Å². The minimum atomic E-state index is -3.82. The Labute approximate surface area is 121 Å². The first kappa shape index (κ1) is 15.0. The summed E-state index contributed by atoms with van der Waals surface area (Å²) in [5, 5.41) is 13.9. The van der Waals surface area contributed by atoms with E-state index in [2.05, 4.69) is 15.5 Å². The molecule has 0 unspecified atom stereocenters. The molecule has 0 saturated heterocycles. The van der Waals surface area contributed by atoms with Crippen LogP contribution in [0.1, 0.15) is 15.9 Å². The van der Waals surface area contributed by atoms with Crippen LogP contribution in [0.3, 0.4) is 0 Å². The summed E-state index contributed by atoms with van der Waals surface area (Å²) < 4.78 is 27.8. The van der Waals surface area contributed by atoms with Crippen LogP contribution in [0.2, 0.25) is 0 Å². The topological polar surface area (TPSA) is 127 Å². The number of nitrogens with zero attached hydrogens (tertiary/aromatic N) is 1. The molecule has 0 atom stereocenters. The molecular formula is C12H14N4O4S. The van der Waals surface area contributed by atoms with Crippen molar-refractivity contribution in [2.24, 2.45) is 5.14 Å². The lowest BCUT2D eigenvalue weighted by Crippen LogP contribution is -2.23. The number of nitrogens with two attached hydrogens (primary N) is 1. The summed E-state index contributed by atoms with van der Waals surface area (Å²) in [6, 6.07) is 4.19. The number of aromatic amines is 1. The second kappa shape index (κ2) is 5.94. The van der Waals surface area contributed by atoms with Crippen LogP contribution in [0.25, 0.3) is 0 Å². The Hall–Kier alpha value is -2.39. The molecule has 0 aliphatic rings. The number of benzene rings is 1. The number of carbonyl (C=O) groups is 1. The van der Waals surface area contributed by atoms with Crippen molar-refractivity contribution < 1.29 is 17.9 Å². The Balaban J connectivity index is 2.20. The van der Waals surface area contributed by atoms with Gasteiger partial charge in [-0.05, 0) is 18.2 Å². The molecule has 4 N–H and O–H groups in total. The Kier molecular flexibility index (Phi) is 4.24. The fraction of sp³-hybridized carbons (Fsp3) is 0.167. The molecule has 0 spiro atoms. The number of methoxy groups -OCH3 is 1. The Morgan fingerprint density at radius 2 is 2.24 bits per heavy atom. The van der Waals surface area contributed by atoms with E-state index in [0.717, 1.165) is 0 Å². The zero-order chi connectivity index (χ0) is 15.5. The average Bonchev–Trinajstić information content (AvgIpc) is 2.97. The van der Waals surface area contributed by atoms with Gasteiger partial charge in [-0.25, -0.2) is 13.6 Å². The van der Waals surface area contributed by atoms with Crippen molar-refractivity contribution in [3.05, 3.63) is 41.7 Å². The van der Waals surface area contributed by atoms with Crippen molar-refractivity contribution in [3.8, 4) is 5.75 Å². The largest absolute Gasteiger partial charge is 0.496 e. The van der Waals surface area contributed by atoms with E-state index in [1.165, 1.54) is 37.7 Å². The summed E-state index contributed by atoms with van der Waals surface area (Å²) in [5.41, 5.74) is 0.873. The average molecular weight is 310 g/mol. The van der Waals surface area contributed by atoms with Crippen molar-refractivity contribution in [3.63, 3.8) is 0 Å². The third-order valence-corrected chi connectivity index (χ3v) is 3.69. The lowest BCUT2D eigenvalue weighted by molar-refractivity contribution is 0.0950. The Bertz CT molecular complexity index is 741. The summed E-state index contributed by atoms with van der Waals surface area (Å²) in [6.45, 7) is 0.0938. The molecule has 1 amide bonds. The second-order valence-electron chi connectivity index (χ2n) is 4.19. The third-order valence-electron chi connectivity index (χ3n) is 2.78. The van der Waals surface area contributed by atoms with Gasteiger partial charge in [0.2, 0.25) is 10.0 Å². The second-order valence-corrected chi connectivity index (χ2v) is 5.75. The third kappa shape index (κ3) is 3.58. The smallest absolute Gasteiger partial charge is 0.254 e. The summed E-state index contributed by atoms with van der Waals surface area (Å²) in [4.78, 5) is 11.8. The summed E-state index contributed by atoms with van der Waals surface area (Å²) >= 11 is 0. The van der Waals surface area contributed by atoms with Crippen LogP contribution in [-0.4, -0.2) is 31.6 Å². The number of amides is 1. The Morgan fingerprint density at radius 1 is 1.48 bits per heavy atom. The maximum absolute atomic E-state index is 11.8. The first-order valence-corrected chi connectivity index (χ1v) is 7.43. The van der Waals surface area contributed by atoms with Crippen LogP contribution >= 0.6 is 0 Å². The Morgan fingerprint density at radius 3 is 2.81 bits per heavy atom. The van der Waals surface area contributed by atoms with Crippen LogP contribution in [-0.2, 0) is 16.6 Å². The van der Waals surface area contributed by atoms with Gasteiger partial charge in [-0.3, -0.25) is 9.89 Å². The SMILES string of the molecule is COc1ccc(S(N)(=O)=O)cc1CNC(=O)c1cn[nH]c1. The van der Waals surface area contributed by atoms with Gasteiger partial charge < -0.3 is 10.1 Å². The number of rotatable bonds is 5. The lowest BCUT2D eigenvalue weighted by atomic mass is 10.2. The predicted octanol–water partition coefficient (Wildman–Crippen LogP) is -0.00430. The van der Waals surface area contributed by atoms with Crippen molar-refractivity contribution in [1.29, 1.82) is 0 Å². The van der Waals surface area contributed by atoms with E-state index >= 15 is 0 Å². The minimum Gasteiger partial charge on any atom is -0.496 e. The standard InChI is InChI=1S/C12H14N4O4S/c1-20-11-3-2-10(21(13,18)19)4-8(11)5-14-12(17)9-6-15-16-7-9/h2-4,6-7H,5H2,1H3,(H,14,17)(H,15,16)(H2,13,18,19). The summed E-state index contributed by atoms with van der Waals surface area (Å²) in [6.07, 6.45) is 2.83. The van der Waals surface area contributed by atoms with E-state index < -0.39 is 10.0 Å². The molecule has 8 nitrogen and oxygen atoms in total. The van der Waals surface area contributed by atoms with Gasteiger partial charge in [0.1, 0.15) is 5.75 Å². The van der Waals surface area contributed by atoms with Crippen molar-refractivity contribution in [2.75, 3.05) is 7.11 Å². The highest BCUT2D eigenvalue weighted by atomic mass is 32.2. The summed E-state index contributed by atoms with van der Waals surface area (Å²) in [7, 11) is -2.36. The maximum atomic E-state index is 11.8. The van der Waals surface area contributed by atoms with Gasteiger partial charge in [0.05, 0.1) is 23.8 Å². The fourth-order valence-electron chi connectivity index (χ4n) is 1.72. The number of carbonyl (C=O) groups excluding carboxylic acids is 1. The normalized spacial score (nSPS) is 11.1. The molecule has 9 heteroatoms. The fourth-order valence-corrected chi connectivity index (χ4v) is 2.29. The van der Waals surface area contributed by atoms with Gasteiger partial charge in [-0.15, -0.1) is 0 Å². The highest BCUT2D eigenvalue weighted by Gasteiger charge is 2.13. The quantitative estimate of drug-likeness (QED) is 0.716. The van der Waals surface area contributed by atoms with Gasteiger partial charge in [0.15, 0.2) is 0 Å². The number of sulfonamides is 1. The first-order chi connectivity index (χ1) is 9.91. The van der Waals surface area contributed by atoms with Gasteiger partial charge >= 0.3 is 0 Å². The van der Waals surface area contributed by atoms with E-state index in [4.69, 9.17) is 9.88 Å². The van der Waals surface area contributed by atoms with E-state index in [1.54, 1.807) is 0 Å². The minimum absolute atomic E-state index is 0.0455. The molecule has 21 heavy (non-hydrogen) atoms. The van der Waals surface area contributed by atoms with E-state index in [0.29, 0.717) is 16.9 Å². The molecular weight excluding hydrogens is 296 g/mol. The maximum Gasteiger partial charge on any atom is 0.254 e. The van der Waals surface area contributed by atoms with Crippen molar-refractivity contribution in [1.82, 2.24) is 15.5 Å². The monoisotopic (exact) mass is 310 g/mol. The molecule has 0 bridgehead atoms. The highest BCUT2D eigenvalue weighted by Crippen LogP contribution is 2.21. The number of aromatic nitrogens is 2. The van der Waals surface area contributed by atoms with Gasteiger partial charge in [-0.1, -0.05) is 0 Å². The van der Waals surface area contributed by atoms with E-state index in [9.17, 15) is 13.2 Å². The van der Waals surface area contributed by atoms with Crippen LogP contribution < -0.4 is 15.2 Å². The van der Waals surface area contributed by atoms with Crippen molar-refractivity contribution >= 4 is 15.9 Å². The molecule has 0 radical (unpaired) electrons. The first-order valence-electron chi connectivity index (χ1n) is 5.88. The van der Waals surface area contributed by atoms with E-state index in [-0.39, 0.29) is 17.3 Å². The molecule has 0 saturated carbocycles. The van der Waals surface area contributed by atoms with Gasteiger partial charge in [0, 0.05) is 18.3 Å². The molecule has 0 fully saturated rings. The molecule has 0 aliphatic carbocycles. The zero-order valence-electron chi connectivity index (χ0n) is 11.2. The highest BCUT2D eigenvalue weighted by molar-refractivity contribution is 7.89. The van der Waals surface area contributed by atoms with Crippen LogP contribution in [0, 0.1) is 0 Å². The number of hydrogen-bond donors (Lipinski definition) is 3. The van der Waals surface area contributed by atoms with Crippen molar-refractivity contribution in [2.45, 2.75) is 11.4 Å². The molecule has 1 aromatic carbocycles. The van der Waals surface area contributed by atoms with Crippen LogP contribution in [0.4, 0.5) is 0 Å². The molecule has 112 valence electrons.